The molecule has 6 rings (SSSR count). The summed E-state index contributed by atoms with van der Waals surface area (Å²) in [5, 5.41) is 12.1. The van der Waals surface area contributed by atoms with Crippen molar-refractivity contribution in [3.8, 4) is 22.7 Å². The highest BCUT2D eigenvalue weighted by Gasteiger charge is 2.20. The minimum atomic E-state index is -0.533. The third-order valence-corrected chi connectivity index (χ3v) is 6.94. The summed E-state index contributed by atoms with van der Waals surface area (Å²) in [7, 11) is 3.05. The molecule has 3 N–H and O–H groups in total. The highest BCUT2D eigenvalue weighted by molar-refractivity contribution is 5.99. The van der Waals surface area contributed by atoms with Gasteiger partial charge in [-0.1, -0.05) is 30.3 Å². The van der Waals surface area contributed by atoms with Crippen molar-refractivity contribution >= 4 is 34.5 Å². The molecule has 220 valence electrons. The highest BCUT2D eigenvalue weighted by Crippen LogP contribution is 2.32. The number of nitrogens with one attached hydrogen (secondary N) is 1. The van der Waals surface area contributed by atoms with E-state index in [9.17, 15) is 14.0 Å². The van der Waals surface area contributed by atoms with Crippen molar-refractivity contribution in [2.45, 2.75) is 6.54 Å². The van der Waals surface area contributed by atoms with Gasteiger partial charge >= 0.3 is 6.03 Å². The molecule has 0 radical (unpaired) electrons. The Balaban J connectivity index is 1.28. The number of hydrogen-bond donors (Lipinski definition) is 2. The number of hydrogen-bond acceptors (Lipinski definition) is 9. The summed E-state index contributed by atoms with van der Waals surface area (Å²) in [6, 6.07) is 18.0. The average molecular weight is 593 g/mol. The van der Waals surface area contributed by atoms with Crippen LogP contribution in [0, 0.1) is 5.82 Å². The number of carbonyl (C=O) groups excluding carboxylic acids is 2. The van der Waals surface area contributed by atoms with Crippen molar-refractivity contribution < 1.29 is 18.7 Å². The fourth-order valence-corrected chi connectivity index (χ4v) is 4.68. The molecular weight excluding hydrogens is 567 g/mol. The van der Waals surface area contributed by atoms with Gasteiger partial charge < -0.3 is 15.8 Å². The molecule has 0 spiro atoms. The lowest BCUT2D eigenvalue weighted by Gasteiger charge is -2.17. The molecule has 3 aromatic heterocycles. The van der Waals surface area contributed by atoms with E-state index in [0.29, 0.717) is 28.1 Å². The van der Waals surface area contributed by atoms with Crippen LogP contribution in [0.4, 0.5) is 20.7 Å². The summed E-state index contributed by atoms with van der Waals surface area (Å²) < 4.78 is 21.7. The average Bonchev–Trinajstić information content (AvgIpc) is 3.73. The van der Waals surface area contributed by atoms with Gasteiger partial charge in [-0.15, -0.1) is 0 Å². The van der Waals surface area contributed by atoms with Gasteiger partial charge in [0.25, 0.3) is 5.91 Å². The summed E-state index contributed by atoms with van der Waals surface area (Å²) in [6.45, 7) is 0.201. The normalized spacial score (nSPS) is 11.0. The topological polar surface area (TPSA) is 159 Å². The van der Waals surface area contributed by atoms with Gasteiger partial charge in [-0.3, -0.25) is 9.69 Å². The maximum absolute atomic E-state index is 13.7. The second-order valence-electron chi connectivity index (χ2n) is 9.64. The first-order valence-electron chi connectivity index (χ1n) is 13.3. The fraction of sp³-hybridized carbons (Fsp3) is 0.100. The monoisotopic (exact) mass is 592 g/mol. The molecule has 6 aromatic rings. The molecule has 0 saturated heterocycles. The number of carbonyl (C=O) groups is 2. The number of halogens is 1. The van der Waals surface area contributed by atoms with Crippen molar-refractivity contribution in [2.75, 3.05) is 24.8 Å². The first kappa shape index (κ1) is 28.0. The zero-order valence-corrected chi connectivity index (χ0v) is 23.5. The largest absolute Gasteiger partial charge is 0.496 e. The number of nitrogens with zero attached hydrogens (tertiary/aromatic N) is 8. The third-order valence-electron chi connectivity index (χ3n) is 6.94. The fourth-order valence-electron chi connectivity index (χ4n) is 4.68. The molecule has 44 heavy (non-hydrogen) atoms. The Morgan fingerprint density at radius 2 is 1.86 bits per heavy atom. The SMILES string of the molecule is COc1ccc(F)cc1C(=O)NCc1ccc(-c2nn(-c3cccc(N(C)C(=O)n4cncn4)c3)c3ncnc(N)c23)cc1. The molecule has 0 atom stereocenters. The molecule has 0 unspecified atom stereocenters. The van der Waals surface area contributed by atoms with Crippen LogP contribution in [0.2, 0.25) is 0 Å². The number of fused-ring (bicyclic) bond motifs is 1. The van der Waals surface area contributed by atoms with Crippen LogP contribution in [0.3, 0.4) is 0 Å². The Hall–Kier alpha value is -6.18. The lowest BCUT2D eigenvalue weighted by molar-refractivity contribution is 0.0947. The highest BCUT2D eigenvalue weighted by atomic mass is 19.1. The number of nitrogen functional groups attached to an aromatic ring is 1. The van der Waals surface area contributed by atoms with Crippen LogP contribution in [0.25, 0.3) is 28.0 Å². The predicted molar refractivity (Wildman–Crippen MR) is 160 cm³/mol. The van der Waals surface area contributed by atoms with E-state index in [1.54, 1.807) is 29.9 Å². The predicted octanol–water partition coefficient (Wildman–Crippen LogP) is 3.84. The molecule has 0 aliphatic heterocycles. The molecule has 0 fully saturated rings. The number of methoxy groups -OCH3 is 1. The van der Waals surface area contributed by atoms with Crippen LogP contribution >= 0.6 is 0 Å². The third kappa shape index (κ3) is 5.27. The maximum atomic E-state index is 13.7. The van der Waals surface area contributed by atoms with Crippen molar-refractivity contribution in [3.63, 3.8) is 0 Å². The number of rotatable bonds is 7. The molecule has 3 aromatic carbocycles. The van der Waals surface area contributed by atoms with Crippen molar-refractivity contribution in [1.29, 1.82) is 0 Å². The number of aromatic nitrogens is 7. The first-order valence-corrected chi connectivity index (χ1v) is 13.3. The molecule has 2 amide bonds. The molecule has 0 aliphatic rings. The standard InChI is InChI=1S/C30H25FN10O3/c1-39(30(43)40-17-33-15-37-40)21-4-3-5-22(13-21)41-28-25(27(32)35-16-36-28)26(38-41)19-8-6-18(7-9-19)14-34-29(42)23-12-20(31)10-11-24(23)44-2/h3-13,15-17H,14H2,1-2H3,(H,34,42)(H2,32,35,36). The minimum absolute atomic E-state index is 0.106. The summed E-state index contributed by atoms with van der Waals surface area (Å²) >= 11 is 0. The van der Waals surface area contributed by atoms with Gasteiger partial charge in [0.1, 0.15) is 42.1 Å². The van der Waals surface area contributed by atoms with Crippen LogP contribution in [-0.4, -0.2) is 60.6 Å². The maximum Gasteiger partial charge on any atom is 0.350 e. The Morgan fingerprint density at radius 3 is 2.61 bits per heavy atom. The summed E-state index contributed by atoms with van der Waals surface area (Å²) in [4.78, 5) is 39.4. The van der Waals surface area contributed by atoms with E-state index >= 15 is 0 Å². The molecule has 0 bridgehead atoms. The Bertz CT molecular complexity index is 1990. The van der Waals surface area contributed by atoms with E-state index in [1.165, 1.54) is 43.1 Å². The van der Waals surface area contributed by atoms with Gasteiger partial charge in [0.2, 0.25) is 0 Å². The van der Waals surface area contributed by atoms with Crippen molar-refractivity contribution in [1.82, 2.24) is 39.8 Å². The van der Waals surface area contributed by atoms with Crippen LogP contribution in [0.1, 0.15) is 15.9 Å². The van der Waals surface area contributed by atoms with E-state index in [4.69, 9.17) is 15.6 Å². The van der Waals surface area contributed by atoms with Crippen molar-refractivity contribution in [2.24, 2.45) is 0 Å². The molecule has 13 nitrogen and oxygen atoms in total. The van der Waals surface area contributed by atoms with Crippen molar-refractivity contribution in [3.05, 3.63) is 103 Å². The summed E-state index contributed by atoms with van der Waals surface area (Å²) in [5.74, 6) is -0.461. The van der Waals surface area contributed by atoms with E-state index in [1.807, 2.05) is 30.3 Å². The number of anilines is 2. The van der Waals surface area contributed by atoms with Crippen LogP contribution in [-0.2, 0) is 6.54 Å². The number of ether oxygens (including phenoxy) is 1. The van der Waals surface area contributed by atoms with Crippen LogP contribution < -0.4 is 20.7 Å². The molecule has 0 aliphatic carbocycles. The van der Waals surface area contributed by atoms with E-state index in [2.05, 4.69) is 25.4 Å². The lowest BCUT2D eigenvalue weighted by atomic mass is 10.1. The first-order chi connectivity index (χ1) is 21.3. The van der Waals surface area contributed by atoms with E-state index in [0.717, 1.165) is 21.9 Å². The molecule has 0 saturated carbocycles. The Morgan fingerprint density at radius 1 is 1.05 bits per heavy atom. The summed E-state index contributed by atoms with van der Waals surface area (Å²) in [6.07, 6.45) is 3.98. The van der Waals surface area contributed by atoms with Gasteiger partial charge in [0, 0.05) is 24.8 Å². The van der Waals surface area contributed by atoms with E-state index < -0.39 is 11.7 Å². The zero-order chi connectivity index (χ0) is 30.8. The smallest absolute Gasteiger partial charge is 0.350 e. The second kappa shape index (κ2) is 11.6. The Kier molecular flexibility index (Phi) is 7.37. The van der Waals surface area contributed by atoms with Gasteiger partial charge in [0.15, 0.2) is 5.65 Å². The number of nitrogens with two attached hydrogens (primary N) is 1. The second-order valence-corrected chi connectivity index (χ2v) is 9.64. The quantitative estimate of drug-likeness (QED) is 0.281. The molecule has 14 heteroatoms. The number of benzene rings is 3. The lowest BCUT2D eigenvalue weighted by Crippen LogP contribution is -2.31. The van der Waals surface area contributed by atoms with Gasteiger partial charge in [-0.2, -0.15) is 14.9 Å². The molecule has 3 heterocycles. The van der Waals surface area contributed by atoms with E-state index in [-0.39, 0.29) is 29.7 Å². The summed E-state index contributed by atoms with van der Waals surface area (Å²) in [5.41, 5.74) is 10.2. The Labute approximate surface area is 249 Å². The van der Waals surface area contributed by atoms with Gasteiger partial charge in [-0.25, -0.2) is 28.8 Å². The van der Waals surface area contributed by atoms with Crippen LogP contribution in [0.15, 0.2) is 85.7 Å². The molecular formula is C30H25FN10O3. The number of amides is 2. The van der Waals surface area contributed by atoms with Gasteiger partial charge in [-0.05, 0) is 42.0 Å². The van der Waals surface area contributed by atoms with Crippen LogP contribution in [0.5, 0.6) is 5.75 Å². The van der Waals surface area contributed by atoms with Gasteiger partial charge in [0.05, 0.1) is 23.7 Å². The zero-order valence-electron chi connectivity index (χ0n) is 23.5. The minimum Gasteiger partial charge on any atom is -0.496 e.